The maximum atomic E-state index is 13.2. The minimum absolute atomic E-state index is 0.0446. The van der Waals surface area contributed by atoms with Gasteiger partial charge in [0.2, 0.25) is 5.91 Å². The summed E-state index contributed by atoms with van der Waals surface area (Å²) in [5.41, 5.74) is 7.75. The topological polar surface area (TPSA) is 56.0 Å². The van der Waals surface area contributed by atoms with Crippen LogP contribution in [0.25, 0.3) is 11.4 Å². The number of likely N-dealkylation sites (N-methyl/N-ethyl adjacent to an activating group) is 1. The second-order valence-electron chi connectivity index (χ2n) is 8.36. The van der Waals surface area contributed by atoms with Gasteiger partial charge >= 0.3 is 0 Å². The predicted octanol–water partition coefficient (Wildman–Crippen LogP) is 5.15. The van der Waals surface area contributed by atoms with Crippen LogP contribution in [0.5, 0.6) is 0 Å². The number of carbonyl (C=O) groups excluding carboxylic acids is 1. The molecule has 0 aliphatic heterocycles. The van der Waals surface area contributed by atoms with E-state index in [2.05, 4.69) is 5.10 Å². The van der Waals surface area contributed by atoms with E-state index in [0.29, 0.717) is 18.0 Å². The molecular formula is C26H28ClN5O. The summed E-state index contributed by atoms with van der Waals surface area (Å²) in [6.07, 6.45) is 0.298. The highest BCUT2D eigenvalue weighted by Gasteiger charge is 2.21. The fourth-order valence-electron chi connectivity index (χ4n) is 4.10. The van der Waals surface area contributed by atoms with E-state index >= 15 is 0 Å². The molecule has 2 heterocycles. The normalized spacial score (nSPS) is 11.1. The van der Waals surface area contributed by atoms with Gasteiger partial charge < -0.3 is 4.90 Å². The molecular weight excluding hydrogens is 434 g/mol. The second-order valence-corrected chi connectivity index (χ2v) is 8.80. The average molecular weight is 462 g/mol. The number of aromatic nitrogens is 4. The third kappa shape index (κ3) is 4.57. The molecule has 0 atom stereocenters. The van der Waals surface area contributed by atoms with Crippen molar-refractivity contribution < 1.29 is 4.79 Å². The molecule has 0 N–H and O–H groups in total. The molecule has 1 amide bonds. The first-order chi connectivity index (χ1) is 15.8. The van der Waals surface area contributed by atoms with Gasteiger partial charge in [0.15, 0.2) is 0 Å². The zero-order chi connectivity index (χ0) is 23.7. The van der Waals surface area contributed by atoms with Crippen LogP contribution in [0.4, 0.5) is 0 Å². The smallest absolute Gasteiger partial charge is 0.227 e. The number of hydrogen-bond acceptors (Lipinski definition) is 3. The van der Waals surface area contributed by atoms with Gasteiger partial charge in [-0.3, -0.25) is 4.79 Å². The largest absolute Gasteiger partial charge is 0.341 e. The lowest BCUT2D eigenvalue weighted by molar-refractivity contribution is -0.129. The van der Waals surface area contributed by atoms with E-state index in [0.717, 1.165) is 45.3 Å². The molecule has 2 aromatic carbocycles. The third-order valence-electron chi connectivity index (χ3n) is 6.10. The molecule has 0 saturated carbocycles. The maximum Gasteiger partial charge on any atom is 0.227 e. The Labute approximate surface area is 199 Å². The lowest BCUT2D eigenvalue weighted by Crippen LogP contribution is -2.28. The predicted molar refractivity (Wildman–Crippen MR) is 131 cm³/mol. The Morgan fingerprint density at radius 1 is 0.818 bits per heavy atom. The van der Waals surface area contributed by atoms with E-state index in [1.54, 1.807) is 4.90 Å². The number of nitrogens with zero attached hydrogens (tertiary/aromatic N) is 5. The molecule has 0 spiro atoms. The molecule has 0 fully saturated rings. The SMILES string of the molecule is Cc1nn(-c2ccc(Cl)cc2)c(C)c1CC(=O)N(C)Cc1c(C)nn(-c2ccccc2)c1C. The Bertz CT molecular complexity index is 1290. The minimum atomic E-state index is 0.0446. The van der Waals surface area contributed by atoms with Crippen molar-refractivity contribution >= 4 is 17.5 Å². The molecule has 0 unspecified atom stereocenters. The highest BCUT2D eigenvalue weighted by atomic mass is 35.5. The summed E-state index contributed by atoms with van der Waals surface area (Å²) in [6.45, 7) is 8.48. The lowest BCUT2D eigenvalue weighted by atomic mass is 10.1. The average Bonchev–Trinajstić information content (AvgIpc) is 3.25. The minimum Gasteiger partial charge on any atom is -0.341 e. The Morgan fingerprint density at radius 3 is 1.94 bits per heavy atom. The highest BCUT2D eigenvalue weighted by molar-refractivity contribution is 6.30. The van der Waals surface area contributed by atoms with Gasteiger partial charge in [0, 0.05) is 41.1 Å². The van der Waals surface area contributed by atoms with E-state index < -0.39 is 0 Å². The van der Waals surface area contributed by atoms with Gasteiger partial charge in [-0.15, -0.1) is 0 Å². The molecule has 0 aliphatic carbocycles. The van der Waals surface area contributed by atoms with Crippen LogP contribution in [0.1, 0.15) is 33.9 Å². The zero-order valence-electron chi connectivity index (χ0n) is 19.6. The summed E-state index contributed by atoms with van der Waals surface area (Å²) < 4.78 is 3.81. The molecule has 4 aromatic rings. The monoisotopic (exact) mass is 461 g/mol. The number of halogens is 1. The van der Waals surface area contributed by atoms with Gasteiger partial charge in [0.25, 0.3) is 0 Å². The summed E-state index contributed by atoms with van der Waals surface area (Å²) in [5.74, 6) is 0.0446. The van der Waals surface area contributed by atoms with Crippen LogP contribution in [0, 0.1) is 27.7 Å². The molecule has 170 valence electrons. The van der Waals surface area contributed by atoms with Crippen LogP contribution >= 0.6 is 11.6 Å². The number of hydrogen-bond donors (Lipinski definition) is 0. The van der Waals surface area contributed by atoms with Gasteiger partial charge in [-0.25, -0.2) is 9.36 Å². The number of rotatable bonds is 6. The first kappa shape index (κ1) is 22.8. The van der Waals surface area contributed by atoms with Crippen molar-refractivity contribution in [2.45, 2.75) is 40.7 Å². The number of benzene rings is 2. The molecule has 4 rings (SSSR count). The van der Waals surface area contributed by atoms with Crippen LogP contribution in [-0.2, 0) is 17.8 Å². The van der Waals surface area contributed by atoms with Crippen LogP contribution in [-0.4, -0.2) is 37.4 Å². The molecule has 2 aromatic heterocycles. The fourth-order valence-corrected chi connectivity index (χ4v) is 4.23. The van der Waals surface area contributed by atoms with Crippen molar-refractivity contribution in [2.24, 2.45) is 0 Å². The Balaban J connectivity index is 1.52. The molecule has 33 heavy (non-hydrogen) atoms. The molecule has 6 nitrogen and oxygen atoms in total. The molecule has 0 bridgehead atoms. The zero-order valence-corrected chi connectivity index (χ0v) is 20.4. The van der Waals surface area contributed by atoms with Gasteiger partial charge in [0.1, 0.15) is 0 Å². The van der Waals surface area contributed by atoms with Crippen LogP contribution in [0.15, 0.2) is 54.6 Å². The number of amides is 1. The van der Waals surface area contributed by atoms with Crippen LogP contribution < -0.4 is 0 Å². The quantitative estimate of drug-likeness (QED) is 0.399. The van der Waals surface area contributed by atoms with E-state index in [-0.39, 0.29) is 5.91 Å². The van der Waals surface area contributed by atoms with Gasteiger partial charge in [-0.2, -0.15) is 10.2 Å². The van der Waals surface area contributed by atoms with E-state index in [4.69, 9.17) is 16.7 Å². The summed E-state index contributed by atoms with van der Waals surface area (Å²) in [5, 5.41) is 10.0. The molecule has 0 aliphatic rings. The number of carbonyl (C=O) groups is 1. The van der Waals surface area contributed by atoms with E-state index in [1.807, 2.05) is 98.7 Å². The third-order valence-corrected chi connectivity index (χ3v) is 6.36. The van der Waals surface area contributed by atoms with Crippen molar-refractivity contribution in [3.63, 3.8) is 0 Å². The van der Waals surface area contributed by atoms with Crippen molar-refractivity contribution in [2.75, 3.05) is 7.05 Å². The summed E-state index contributed by atoms with van der Waals surface area (Å²) in [6, 6.07) is 17.6. The molecule has 7 heteroatoms. The molecule has 0 radical (unpaired) electrons. The van der Waals surface area contributed by atoms with E-state index in [1.165, 1.54) is 0 Å². The van der Waals surface area contributed by atoms with Crippen molar-refractivity contribution in [1.82, 2.24) is 24.5 Å². The number of para-hydroxylation sites is 1. The van der Waals surface area contributed by atoms with Gasteiger partial charge in [-0.05, 0) is 64.1 Å². The van der Waals surface area contributed by atoms with Crippen molar-refractivity contribution in [3.8, 4) is 11.4 Å². The first-order valence-corrected chi connectivity index (χ1v) is 11.3. The standard InChI is InChI=1S/C26H28ClN5O/c1-17-24(19(3)31(28-17)23-13-11-21(27)12-14-23)15-26(33)30(5)16-25-18(2)29-32(20(25)4)22-9-7-6-8-10-22/h6-14H,15-16H2,1-5H3. The molecule has 0 saturated heterocycles. The van der Waals surface area contributed by atoms with E-state index in [9.17, 15) is 4.79 Å². The van der Waals surface area contributed by atoms with Gasteiger partial charge in [-0.1, -0.05) is 29.8 Å². The second kappa shape index (κ2) is 9.24. The summed E-state index contributed by atoms with van der Waals surface area (Å²) in [7, 11) is 1.84. The van der Waals surface area contributed by atoms with Crippen molar-refractivity contribution in [1.29, 1.82) is 0 Å². The maximum absolute atomic E-state index is 13.2. The first-order valence-electron chi connectivity index (χ1n) is 10.9. The fraction of sp³-hybridized carbons (Fsp3) is 0.269. The van der Waals surface area contributed by atoms with Crippen LogP contribution in [0.2, 0.25) is 5.02 Å². The Kier molecular flexibility index (Phi) is 6.38. The summed E-state index contributed by atoms with van der Waals surface area (Å²) >= 11 is 6.02. The summed E-state index contributed by atoms with van der Waals surface area (Å²) in [4.78, 5) is 14.9. The Morgan fingerprint density at radius 2 is 1.33 bits per heavy atom. The number of aryl methyl sites for hydroxylation is 2. The lowest BCUT2D eigenvalue weighted by Gasteiger charge is -2.18. The Hall–Kier alpha value is -3.38. The van der Waals surface area contributed by atoms with Crippen LogP contribution in [0.3, 0.4) is 0 Å². The highest BCUT2D eigenvalue weighted by Crippen LogP contribution is 2.22. The van der Waals surface area contributed by atoms with Crippen molar-refractivity contribution in [3.05, 3.63) is 93.5 Å². The van der Waals surface area contributed by atoms with Gasteiger partial charge in [0.05, 0.1) is 29.2 Å².